The molecular weight excluding hydrogens is 248 g/mol. The van der Waals surface area contributed by atoms with Crippen LogP contribution in [0, 0.1) is 0 Å². The van der Waals surface area contributed by atoms with Crippen LogP contribution in [-0.2, 0) is 10.0 Å². The molecule has 0 spiro atoms. The molecule has 0 amide bonds. The van der Waals surface area contributed by atoms with Crippen molar-refractivity contribution in [3.8, 4) is 0 Å². The number of alkyl halides is 1. The van der Waals surface area contributed by atoms with Gasteiger partial charge in [0.05, 0.1) is 5.75 Å². The predicted molar refractivity (Wildman–Crippen MR) is 64.9 cm³/mol. The molecule has 1 atom stereocenters. The van der Waals surface area contributed by atoms with Gasteiger partial charge in [-0.15, -0.1) is 11.6 Å². The average molecular weight is 263 g/mol. The van der Waals surface area contributed by atoms with Gasteiger partial charge in [0.2, 0.25) is 10.0 Å². The SMILES string of the molecule is CC(NS(=O)(=O)CCCCl)c1ccncc1. The Hall–Kier alpha value is -0.650. The summed E-state index contributed by atoms with van der Waals surface area (Å²) in [6.45, 7) is 1.80. The lowest BCUT2D eigenvalue weighted by Gasteiger charge is -2.13. The lowest BCUT2D eigenvalue weighted by molar-refractivity contribution is 0.565. The number of halogens is 1. The monoisotopic (exact) mass is 262 g/mol. The van der Waals surface area contributed by atoms with E-state index in [1.165, 1.54) is 0 Å². The van der Waals surface area contributed by atoms with E-state index in [1.54, 1.807) is 31.5 Å². The van der Waals surface area contributed by atoms with E-state index in [2.05, 4.69) is 9.71 Å². The van der Waals surface area contributed by atoms with Crippen LogP contribution < -0.4 is 4.72 Å². The van der Waals surface area contributed by atoms with Gasteiger partial charge in [0.15, 0.2) is 0 Å². The highest BCUT2D eigenvalue weighted by atomic mass is 35.5. The van der Waals surface area contributed by atoms with Gasteiger partial charge in [-0.1, -0.05) is 0 Å². The minimum atomic E-state index is -3.25. The first-order chi connectivity index (χ1) is 7.55. The maximum absolute atomic E-state index is 11.6. The van der Waals surface area contributed by atoms with Crippen molar-refractivity contribution in [2.45, 2.75) is 19.4 Å². The second-order valence-corrected chi connectivity index (χ2v) is 5.73. The Labute approximate surface area is 101 Å². The highest BCUT2D eigenvalue weighted by molar-refractivity contribution is 7.89. The van der Waals surface area contributed by atoms with Crippen molar-refractivity contribution < 1.29 is 8.42 Å². The highest BCUT2D eigenvalue weighted by Gasteiger charge is 2.14. The molecular formula is C10H15ClN2O2S. The van der Waals surface area contributed by atoms with E-state index < -0.39 is 10.0 Å². The van der Waals surface area contributed by atoms with Crippen molar-refractivity contribution in [3.63, 3.8) is 0 Å². The summed E-state index contributed by atoms with van der Waals surface area (Å²) in [6.07, 6.45) is 3.73. The Bertz CT molecular complexity index is 408. The van der Waals surface area contributed by atoms with Crippen molar-refractivity contribution in [2.24, 2.45) is 0 Å². The Morgan fingerprint density at radius 1 is 1.44 bits per heavy atom. The molecule has 1 heterocycles. The van der Waals surface area contributed by atoms with E-state index in [1.807, 2.05) is 0 Å². The minimum Gasteiger partial charge on any atom is -0.265 e. The quantitative estimate of drug-likeness (QED) is 0.794. The number of pyridine rings is 1. The Balaban J connectivity index is 2.61. The Kier molecular flexibility index (Phi) is 5.18. The zero-order chi connectivity index (χ0) is 12.0. The van der Waals surface area contributed by atoms with Gasteiger partial charge in [-0.05, 0) is 31.0 Å². The summed E-state index contributed by atoms with van der Waals surface area (Å²) in [5.74, 6) is 0.413. The summed E-state index contributed by atoms with van der Waals surface area (Å²) < 4.78 is 25.8. The van der Waals surface area contributed by atoms with E-state index in [9.17, 15) is 8.42 Å². The number of hydrogen-bond acceptors (Lipinski definition) is 3. The zero-order valence-electron chi connectivity index (χ0n) is 9.06. The summed E-state index contributed by atoms with van der Waals surface area (Å²) in [6, 6.07) is 3.33. The van der Waals surface area contributed by atoms with E-state index in [0.717, 1.165) is 5.56 Å². The van der Waals surface area contributed by atoms with Crippen molar-refractivity contribution in [1.82, 2.24) is 9.71 Å². The van der Waals surface area contributed by atoms with E-state index in [0.29, 0.717) is 12.3 Å². The van der Waals surface area contributed by atoms with Crippen LogP contribution in [0.25, 0.3) is 0 Å². The number of nitrogens with zero attached hydrogens (tertiary/aromatic N) is 1. The van der Waals surface area contributed by atoms with Crippen LogP contribution in [0.4, 0.5) is 0 Å². The van der Waals surface area contributed by atoms with Gasteiger partial charge in [0.1, 0.15) is 0 Å². The predicted octanol–water partition coefficient (Wildman–Crippen LogP) is 1.69. The third kappa shape index (κ3) is 4.47. The molecule has 90 valence electrons. The van der Waals surface area contributed by atoms with E-state index in [-0.39, 0.29) is 11.8 Å². The maximum atomic E-state index is 11.6. The molecule has 0 aliphatic rings. The van der Waals surface area contributed by atoms with Gasteiger partial charge < -0.3 is 0 Å². The molecule has 16 heavy (non-hydrogen) atoms. The van der Waals surface area contributed by atoms with Crippen LogP contribution in [0.1, 0.15) is 24.9 Å². The number of rotatable bonds is 6. The molecule has 0 saturated heterocycles. The molecule has 0 saturated carbocycles. The average Bonchev–Trinajstić information content (AvgIpc) is 2.27. The van der Waals surface area contributed by atoms with Gasteiger partial charge >= 0.3 is 0 Å². The molecule has 1 rings (SSSR count). The number of aromatic nitrogens is 1. The topological polar surface area (TPSA) is 59.1 Å². The number of sulfonamides is 1. The number of hydrogen-bond donors (Lipinski definition) is 1. The molecule has 0 aromatic carbocycles. The molecule has 6 heteroatoms. The zero-order valence-corrected chi connectivity index (χ0v) is 10.6. The summed E-state index contributed by atoms with van der Waals surface area (Å²) in [5, 5.41) is 0. The first-order valence-electron chi connectivity index (χ1n) is 5.01. The molecule has 1 N–H and O–H groups in total. The number of nitrogens with one attached hydrogen (secondary N) is 1. The molecule has 0 bridgehead atoms. The Morgan fingerprint density at radius 3 is 2.62 bits per heavy atom. The summed E-state index contributed by atoms with van der Waals surface area (Å²) in [4.78, 5) is 3.88. The first kappa shape index (κ1) is 13.4. The van der Waals surface area contributed by atoms with Crippen molar-refractivity contribution in [3.05, 3.63) is 30.1 Å². The summed E-state index contributed by atoms with van der Waals surface area (Å²) >= 11 is 5.46. The molecule has 1 aromatic heterocycles. The first-order valence-corrected chi connectivity index (χ1v) is 7.20. The maximum Gasteiger partial charge on any atom is 0.212 e. The smallest absolute Gasteiger partial charge is 0.212 e. The molecule has 0 radical (unpaired) electrons. The van der Waals surface area contributed by atoms with Gasteiger partial charge in [0.25, 0.3) is 0 Å². The molecule has 1 aromatic rings. The lowest BCUT2D eigenvalue weighted by atomic mass is 10.1. The van der Waals surface area contributed by atoms with Crippen molar-refractivity contribution in [2.75, 3.05) is 11.6 Å². The highest BCUT2D eigenvalue weighted by Crippen LogP contribution is 2.11. The molecule has 0 fully saturated rings. The van der Waals surface area contributed by atoms with Crippen molar-refractivity contribution in [1.29, 1.82) is 0 Å². The van der Waals surface area contributed by atoms with E-state index in [4.69, 9.17) is 11.6 Å². The van der Waals surface area contributed by atoms with Crippen LogP contribution >= 0.6 is 11.6 Å². The summed E-state index contributed by atoms with van der Waals surface area (Å²) in [5.41, 5.74) is 0.893. The standard InChI is InChI=1S/C10H15ClN2O2S/c1-9(10-3-6-12-7-4-10)13-16(14,15)8-2-5-11/h3-4,6-7,9,13H,2,5,8H2,1H3. The third-order valence-corrected chi connectivity index (χ3v) is 3.92. The Morgan fingerprint density at radius 2 is 2.06 bits per heavy atom. The second kappa shape index (κ2) is 6.18. The fourth-order valence-electron chi connectivity index (χ4n) is 1.29. The van der Waals surface area contributed by atoms with Crippen LogP contribution in [0.2, 0.25) is 0 Å². The van der Waals surface area contributed by atoms with Crippen LogP contribution in [-0.4, -0.2) is 25.0 Å². The lowest BCUT2D eigenvalue weighted by Crippen LogP contribution is -2.29. The molecule has 1 unspecified atom stereocenters. The molecule has 0 aliphatic heterocycles. The third-order valence-electron chi connectivity index (χ3n) is 2.11. The fraction of sp³-hybridized carbons (Fsp3) is 0.500. The van der Waals surface area contributed by atoms with Gasteiger partial charge in [-0.2, -0.15) is 0 Å². The van der Waals surface area contributed by atoms with Crippen LogP contribution in [0.5, 0.6) is 0 Å². The normalized spacial score (nSPS) is 13.6. The second-order valence-electron chi connectivity index (χ2n) is 3.48. The van der Waals surface area contributed by atoms with Crippen LogP contribution in [0.3, 0.4) is 0 Å². The minimum absolute atomic E-state index is 0.0614. The molecule has 4 nitrogen and oxygen atoms in total. The molecule has 0 aliphatic carbocycles. The van der Waals surface area contributed by atoms with Gasteiger partial charge in [-0.3, -0.25) is 4.98 Å². The van der Waals surface area contributed by atoms with Gasteiger partial charge in [-0.25, -0.2) is 13.1 Å². The van der Waals surface area contributed by atoms with Crippen molar-refractivity contribution >= 4 is 21.6 Å². The fourth-order valence-corrected chi connectivity index (χ4v) is 2.90. The summed E-state index contributed by atoms with van der Waals surface area (Å²) in [7, 11) is -3.25. The van der Waals surface area contributed by atoms with E-state index >= 15 is 0 Å². The van der Waals surface area contributed by atoms with Gasteiger partial charge in [0, 0.05) is 24.3 Å². The largest absolute Gasteiger partial charge is 0.265 e. The van der Waals surface area contributed by atoms with Crippen LogP contribution in [0.15, 0.2) is 24.5 Å².